The largest absolute Gasteiger partial charge is 0.334 e. The van der Waals surface area contributed by atoms with Crippen LogP contribution in [0.2, 0.25) is 0 Å². The first-order chi connectivity index (χ1) is 8.75. The molecule has 18 heavy (non-hydrogen) atoms. The predicted molar refractivity (Wildman–Crippen MR) is 74.6 cm³/mol. The first-order valence-corrected chi connectivity index (χ1v) is 7.32. The van der Waals surface area contributed by atoms with E-state index in [1.807, 2.05) is 24.3 Å². The second kappa shape index (κ2) is 5.02. The van der Waals surface area contributed by atoms with Crippen molar-refractivity contribution in [3.8, 4) is 0 Å². The molecule has 1 aromatic rings. The van der Waals surface area contributed by atoms with Gasteiger partial charge in [-0.2, -0.15) is 0 Å². The van der Waals surface area contributed by atoms with Gasteiger partial charge in [-0.3, -0.25) is 4.79 Å². The summed E-state index contributed by atoms with van der Waals surface area (Å²) < 4.78 is 0.964. The van der Waals surface area contributed by atoms with Crippen LogP contribution in [-0.2, 0) is 0 Å². The van der Waals surface area contributed by atoms with Crippen LogP contribution in [0.25, 0.3) is 0 Å². The average molecular weight is 309 g/mol. The number of piperidine rings is 1. The smallest absolute Gasteiger partial charge is 0.254 e. The van der Waals surface area contributed by atoms with E-state index in [-0.39, 0.29) is 5.91 Å². The fourth-order valence-electron chi connectivity index (χ4n) is 3.11. The highest BCUT2D eigenvalue weighted by Crippen LogP contribution is 2.28. The third kappa shape index (κ3) is 2.19. The molecule has 3 nitrogen and oxygen atoms in total. The van der Waals surface area contributed by atoms with Crippen LogP contribution in [0.4, 0.5) is 0 Å². The Morgan fingerprint density at radius 2 is 2.28 bits per heavy atom. The molecule has 0 aromatic heterocycles. The molecule has 1 N–H and O–H groups in total. The molecule has 2 aliphatic heterocycles. The third-order valence-electron chi connectivity index (χ3n) is 4.01. The Bertz CT molecular complexity index is 463. The molecular weight excluding hydrogens is 292 g/mol. The third-order valence-corrected chi connectivity index (χ3v) is 4.50. The second-order valence-corrected chi connectivity index (χ2v) is 6.05. The zero-order chi connectivity index (χ0) is 12.5. The van der Waals surface area contributed by atoms with Crippen molar-refractivity contribution in [2.24, 2.45) is 5.92 Å². The van der Waals surface area contributed by atoms with E-state index in [2.05, 4.69) is 26.1 Å². The molecule has 96 valence electrons. The van der Waals surface area contributed by atoms with Crippen molar-refractivity contribution in [2.75, 3.05) is 19.6 Å². The van der Waals surface area contributed by atoms with Crippen molar-refractivity contribution >= 4 is 21.8 Å². The van der Waals surface area contributed by atoms with Crippen LogP contribution >= 0.6 is 15.9 Å². The van der Waals surface area contributed by atoms with Crippen molar-refractivity contribution < 1.29 is 4.79 Å². The van der Waals surface area contributed by atoms with E-state index in [0.717, 1.165) is 36.1 Å². The van der Waals surface area contributed by atoms with Gasteiger partial charge in [-0.1, -0.05) is 22.0 Å². The number of benzene rings is 1. The molecule has 0 saturated carbocycles. The molecule has 1 aromatic carbocycles. The van der Waals surface area contributed by atoms with Gasteiger partial charge in [0.05, 0.1) is 0 Å². The van der Waals surface area contributed by atoms with Gasteiger partial charge >= 0.3 is 0 Å². The predicted octanol–water partition coefficient (Wildman–Crippen LogP) is 2.27. The van der Waals surface area contributed by atoms with Gasteiger partial charge in [0.1, 0.15) is 0 Å². The SMILES string of the molecule is O=C(c1cccc(Br)c1)N1CCC[C@@H]2CNC[C@@H]21. The molecule has 3 rings (SSSR count). The highest BCUT2D eigenvalue weighted by molar-refractivity contribution is 9.10. The number of rotatable bonds is 1. The molecule has 2 fully saturated rings. The van der Waals surface area contributed by atoms with Crippen molar-refractivity contribution in [3.05, 3.63) is 34.3 Å². The highest BCUT2D eigenvalue weighted by Gasteiger charge is 2.37. The molecule has 0 spiro atoms. The van der Waals surface area contributed by atoms with E-state index < -0.39 is 0 Å². The number of hydrogen-bond acceptors (Lipinski definition) is 2. The first kappa shape index (κ1) is 12.2. The summed E-state index contributed by atoms with van der Waals surface area (Å²) in [5.41, 5.74) is 0.789. The average Bonchev–Trinajstić information content (AvgIpc) is 2.86. The first-order valence-electron chi connectivity index (χ1n) is 6.53. The normalized spacial score (nSPS) is 27.1. The lowest BCUT2D eigenvalue weighted by atomic mass is 9.91. The molecule has 1 amide bonds. The molecule has 2 heterocycles. The van der Waals surface area contributed by atoms with Crippen molar-refractivity contribution in [1.29, 1.82) is 0 Å². The lowest BCUT2D eigenvalue weighted by Crippen LogP contribution is -2.48. The van der Waals surface area contributed by atoms with Crippen LogP contribution in [0.15, 0.2) is 28.7 Å². The van der Waals surface area contributed by atoms with Crippen molar-refractivity contribution in [1.82, 2.24) is 10.2 Å². The Hall–Kier alpha value is -0.870. The summed E-state index contributed by atoms with van der Waals surface area (Å²) in [5, 5.41) is 3.41. The number of fused-ring (bicyclic) bond motifs is 1. The lowest BCUT2D eigenvalue weighted by Gasteiger charge is -2.37. The van der Waals surface area contributed by atoms with E-state index >= 15 is 0 Å². The summed E-state index contributed by atoms with van der Waals surface area (Å²) in [5.74, 6) is 0.824. The summed E-state index contributed by atoms with van der Waals surface area (Å²) in [6.45, 7) is 2.91. The molecular formula is C14H17BrN2O. The lowest BCUT2D eigenvalue weighted by molar-refractivity contribution is 0.0574. The van der Waals surface area contributed by atoms with Gasteiger partial charge in [-0.15, -0.1) is 0 Å². The van der Waals surface area contributed by atoms with Crippen molar-refractivity contribution in [2.45, 2.75) is 18.9 Å². The fraction of sp³-hybridized carbons (Fsp3) is 0.500. The monoisotopic (exact) mass is 308 g/mol. The van der Waals surface area contributed by atoms with Crippen LogP contribution < -0.4 is 5.32 Å². The fourth-order valence-corrected chi connectivity index (χ4v) is 3.51. The Balaban J connectivity index is 1.83. The molecule has 2 saturated heterocycles. The maximum Gasteiger partial charge on any atom is 0.254 e. The molecule has 0 bridgehead atoms. The topological polar surface area (TPSA) is 32.3 Å². The quantitative estimate of drug-likeness (QED) is 0.863. The maximum atomic E-state index is 12.6. The maximum absolute atomic E-state index is 12.6. The Labute approximate surface area is 116 Å². The van der Waals surface area contributed by atoms with Gasteiger partial charge < -0.3 is 10.2 Å². The summed E-state index contributed by atoms with van der Waals surface area (Å²) >= 11 is 3.43. The van der Waals surface area contributed by atoms with E-state index in [4.69, 9.17) is 0 Å². The van der Waals surface area contributed by atoms with Crippen LogP contribution in [0.5, 0.6) is 0 Å². The number of likely N-dealkylation sites (tertiary alicyclic amines) is 1. The van der Waals surface area contributed by atoms with Crippen LogP contribution in [-0.4, -0.2) is 36.5 Å². The molecule has 2 atom stereocenters. The number of carbonyl (C=O) groups excluding carboxylic acids is 1. The number of hydrogen-bond donors (Lipinski definition) is 1. The molecule has 0 unspecified atom stereocenters. The Morgan fingerprint density at radius 3 is 3.11 bits per heavy atom. The van der Waals surface area contributed by atoms with Gasteiger partial charge in [-0.25, -0.2) is 0 Å². The van der Waals surface area contributed by atoms with Crippen LogP contribution in [0.1, 0.15) is 23.2 Å². The standard InChI is InChI=1S/C14H17BrN2O/c15-12-5-1-3-10(7-12)14(18)17-6-2-4-11-8-16-9-13(11)17/h1,3,5,7,11,13,16H,2,4,6,8-9H2/t11-,13+/m1/s1. The Morgan fingerprint density at radius 1 is 1.39 bits per heavy atom. The summed E-state index contributed by atoms with van der Waals surface area (Å²) in [7, 11) is 0. The molecule has 0 radical (unpaired) electrons. The molecule has 0 aliphatic carbocycles. The number of amides is 1. The molecule has 4 heteroatoms. The van der Waals surface area contributed by atoms with Crippen molar-refractivity contribution in [3.63, 3.8) is 0 Å². The van der Waals surface area contributed by atoms with Gasteiger partial charge in [-0.05, 0) is 37.0 Å². The minimum absolute atomic E-state index is 0.176. The van der Waals surface area contributed by atoms with E-state index in [1.54, 1.807) is 0 Å². The van der Waals surface area contributed by atoms with Gasteiger partial charge in [0.2, 0.25) is 0 Å². The summed E-state index contributed by atoms with van der Waals surface area (Å²) in [6, 6.07) is 8.08. The number of nitrogens with zero attached hydrogens (tertiary/aromatic N) is 1. The zero-order valence-corrected chi connectivity index (χ0v) is 11.8. The minimum Gasteiger partial charge on any atom is -0.334 e. The summed E-state index contributed by atoms with van der Waals surface area (Å²) in [4.78, 5) is 14.6. The summed E-state index contributed by atoms with van der Waals surface area (Å²) in [6.07, 6.45) is 2.38. The number of carbonyl (C=O) groups is 1. The number of halogens is 1. The minimum atomic E-state index is 0.176. The molecule has 2 aliphatic rings. The van der Waals surface area contributed by atoms with E-state index in [1.165, 1.54) is 6.42 Å². The Kier molecular flexibility index (Phi) is 3.39. The second-order valence-electron chi connectivity index (χ2n) is 5.14. The van der Waals surface area contributed by atoms with Crippen LogP contribution in [0.3, 0.4) is 0 Å². The van der Waals surface area contributed by atoms with Crippen LogP contribution in [0, 0.1) is 5.92 Å². The van der Waals surface area contributed by atoms with Gasteiger partial charge in [0, 0.05) is 35.7 Å². The van der Waals surface area contributed by atoms with Gasteiger partial charge in [0.25, 0.3) is 5.91 Å². The highest BCUT2D eigenvalue weighted by atomic mass is 79.9. The van der Waals surface area contributed by atoms with E-state index in [9.17, 15) is 4.79 Å². The zero-order valence-electron chi connectivity index (χ0n) is 10.2. The van der Waals surface area contributed by atoms with E-state index in [0.29, 0.717) is 12.0 Å². The number of nitrogens with one attached hydrogen (secondary N) is 1. The van der Waals surface area contributed by atoms with Gasteiger partial charge in [0.15, 0.2) is 0 Å².